The number of aromatic amines is 1. The summed E-state index contributed by atoms with van der Waals surface area (Å²) in [6, 6.07) is 10.9. The Hall–Kier alpha value is -2.00. The van der Waals surface area contributed by atoms with Crippen LogP contribution in [-0.4, -0.2) is 4.98 Å². The molecule has 2 N–H and O–H groups in total. The van der Waals surface area contributed by atoms with Crippen molar-refractivity contribution < 1.29 is 4.39 Å². The number of rotatable bonds is 3. The van der Waals surface area contributed by atoms with Gasteiger partial charge in [-0.3, -0.25) is 0 Å². The zero-order valence-electron chi connectivity index (χ0n) is 11.0. The molecule has 3 rings (SSSR count). The number of halogens is 2. The second-order valence-electron chi connectivity index (χ2n) is 4.84. The molecule has 0 aliphatic rings. The molecule has 0 aliphatic heterocycles. The van der Waals surface area contributed by atoms with Crippen LogP contribution in [0.4, 0.5) is 10.1 Å². The lowest BCUT2D eigenvalue weighted by molar-refractivity contribution is 0.629. The molecule has 0 saturated carbocycles. The summed E-state index contributed by atoms with van der Waals surface area (Å²) < 4.78 is 13.8. The molecule has 4 heteroatoms. The zero-order chi connectivity index (χ0) is 14.1. The Labute approximate surface area is 121 Å². The van der Waals surface area contributed by atoms with Crippen molar-refractivity contribution in [1.29, 1.82) is 0 Å². The van der Waals surface area contributed by atoms with Crippen LogP contribution in [-0.2, 0) is 6.54 Å². The first-order valence-corrected chi connectivity index (χ1v) is 6.77. The number of hydrogen-bond acceptors (Lipinski definition) is 1. The number of aryl methyl sites for hydroxylation is 1. The fourth-order valence-corrected chi connectivity index (χ4v) is 2.43. The molecule has 0 atom stereocenters. The zero-order valence-corrected chi connectivity index (χ0v) is 11.8. The Kier molecular flexibility index (Phi) is 3.36. The molecule has 0 amide bonds. The highest BCUT2D eigenvalue weighted by Crippen LogP contribution is 2.23. The predicted molar refractivity (Wildman–Crippen MR) is 81.8 cm³/mol. The van der Waals surface area contributed by atoms with Crippen molar-refractivity contribution in [2.45, 2.75) is 13.5 Å². The summed E-state index contributed by atoms with van der Waals surface area (Å²) in [5.74, 6) is -0.229. The van der Waals surface area contributed by atoms with Gasteiger partial charge in [0.2, 0.25) is 0 Å². The summed E-state index contributed by atoms with van der Waals surface area (Å²) in [5, 5.41) is 4.91. The number of aromatic nitrogens is 1. The number of anilines is 1. The van der Waals surface area contributed by atoms with Crippen LogP contribution in [0.1, 0.15) is 11.1 Å². The highest BCUT2D eigenvalue weighted by Gasteiger charge is 2.06. The first kappa shape index (κ1) is 13.0. The standard InChI is InChI=1S/C16H14ClFN2/c1-10-2-5-15(14(18)6-10)19-8-11-9-20-16-7-12(17)3-4-13(11)16/h2-7,9,19-20H,8H2,1H3. The van der Waals surface area contributed by atoms with E-state index in [4.69, 9.17) is 11.6 Å². The molecule has 0 bridgehead atoms. The summed E-state index contributed by atoms with van der Waals surface area (Å²) in [5.41, 5.74) is 3.49. The van der Waals surface area contributed by atoms with Crippen LogP contribution in [0.15, 0.2) is 42.6 Å². The monoisotopic (exact) mass is 288 g/mol. The highest BCUT2D eigenvalue weighted by molar-refractivity contribution is 6.31. The molecule has 0 saturated heterocycles. The normalized spacial score (nSPS) is 10.9. The molecule has 0 aliphatic carbocycles. The van der Waals surface area contributed by atoms with Crippen LogP contribution in [0, 0.1) is 12.7 Å². The van der Waals surface area contributed by atoms with E-state index in [9.17, 15) is 4.39 Å². The van der Waals surface area contributed by atoms with Crippen molar-refractivity contribution in [3.8, 4) is 0 Å². The predicted octanol–water partition coefficient (Wildman–Crippen LogP) is 4.88. The van der Waals surface area contributed by atoms with E-state index in [0.717, 1.165) is 22.0 Å². The minimum atomic E-state index is -0.229. The fourth-order valence-electron chi connectivity index (χ4n) is 2.26. The van der Waals surface area contributed by atoms with E-state index in [1.807, 2.05) is 37.4 Å². The third-order valence-corrected chi connectivity index (χ3v) is 3.56. The van der Waals surface area contributed by atoms with E-state index < -0.39 is 0 Å². The van der Waals surface area contributed by atoms with E-state index in [-0.39, 0.29) is 5.82 Å². The van der Waals surface area contributed by atoms with Gasteiger partial charge in [-0.15, -0.1) is 0 Å². The van der Waals surface area contributed by atoms with E-state index in [1.54, 1.807) is 6.07 Å². The molecule has 0 unspecified atom stereocenters. The summed E-state index contributed by atoms with van der Waals surface area (Å²) in [7, 11) is 0. The second kappa shape index (κ2) is 5.17. The first-order valence-electron chi connectivity index (χ1n) is 6.39. The average Bonchev–Trinajstić information content (AvgIpc) is 2.80. The first-order chi connectivity index (χ1) is 9.63. The van der Waals surface area contributed by atoms with E-state index in [1.165, 1.54) is 6.07 Å². The van der Waals surface area contributed by atoms with Crippen LogP contribution in [0.5, 0.6) is 0 Å². The maximum absolute atomic E-state index is 13.8. The lowest BCUT2D eigenvalue weighted by Crippen LogP contribution is -2.01. The van der Waals surface area contributed by atoms with E-state index in [2.05, 4.69) is 10.3 Å². The third kappa shape index (κ3) is 2.49. The molecule has 2 nitrogen and oxygen atoms in total. The maximum atomic E-state index is 13.8. The summed E-state index contributed by atoms with van der Waals surface area (Å²) in [6.07, 6.45) is 1.92. The smallest absolute Gasteiger partial charge is 0.146 e. The number of benzene rings is 2. The molecule has 3 aromatic rings. The molecule has 0 spiro atoms. The van der Waals surface area contributed by atoms with Gasteiger partial charge in [0.05, 0.1) is 5.69 Å². The van der Waals surface area contributed by atoms with Crippen LogP contribution in [0.3, 0.4) is 0 Å². The Balaban J connectivity index is 1.83. The van der Waals surface area contributed by atoms with Gasteiger partial charge in [0.15, 0.2) is 0 Å². The van der Waals surface area contributed by atoms with Gasteiger partial charge in [-0.2, -0.15) is 0 Å². The van der Waals surface area contributed by atoms with Crippen molar-refractivity contribution in [1.82, 2.24) is 4.98 Å². The van der Waals surface area contributed by atoms with E-state index in [0.29, 0.717) is 17.3 Å². The quantitative estimate of drug-likeness (QED) is 0.706. The SMILES string of the molecule is Cc1ccc(NCc2c[nH]c3cc(Cl)ccc23)c(F)c1. The summed E-state index contributed by atoms with van der Waals surface area (Å²) in [4.78, 5) is 3.17. The minimum absolute atomic E-state index is 0.229. The molecule has 0 radical (unpaired) electrons. The molecule has 2 aromatic carbocycles. The largest absolute Gasteiger partial charge is 0.379 e. The molecule has 1 aromatic heterocycles. The van der Waals surface area contributed by atoms with E-state index >= 15 is 0 Å². The van der Waals surface area contributed by atoms with Crippen molar-refractivity contribution in [2.75, 3.05) is 5.32 Å². The van der Waals surface area contributed by atoms with Gasteiger partial charge in [-0.05, 0) is 42.3 Å². The Bertz CT molecular complexity index is 764. The summed E-state index contributed by atoms with van der Waals surface area (Å²) in [6.45, 7) is 2.43. The Morgan fingerprint density at radius 2 is 2.05 bits per heavy atom. The second-order valence-corrected chi connectivity index (χ2v) is 5.28. The van der Waals surface area contributed by atoms with Crippen LogP contribution in [0.25, 0.3) is 10.9 Å². The molecule has 0 fully saturated rings. The van der Waals surface area contributed by atoms with Gasteiger partial charge >= 0.3 is 0 Å². The lowest BCUT2D eigenvalue weighted by atomic mass is 10.1. The van der Waals surface area contributed by atoms with Crippen molar-refractivity contribution in [2.24, 2.45) is 0 Å². The van der Waals surface area contributed by atoms with Crippen molar-refractivity contribution in [3.63, 3.8) is 0 Å². The van der Waals surface area contributed by atoms with Crippen molar-refractivity contribution >= 4 is 28.2 Å². The van der Waals surface area contributed by atoms with Crippen LogP contribution >= 0.6 is 11.6 Å². The molecular formula is C16H14ClFN2. The van der Waals surface area contributed by atoms with Crippen molar-refractivity contribution in [3.05, 3.63) is 64.6 Å². The molecular weight excluding hydrogens is 275 g/mol. The minimum Gasteiger partial charge on any atom is -0.379 e. The van der Waals surface area contributed by atoms with Gasteiger partial charge in [-0.1, -0.05) is 23.7 Å². The van der Waals surface area contributed by atoms with Gasteiger partial charge in [-0.25, -0.2) is 4.39 Å². The fraction of sp³-hybridized carbons (Fsp3) is 0.125. The van der Waals surface area contributed by atoms with Gasteiger partial charge in [0.25, 0.3) is 0 Å². The number of H-pyrrole nitrogens is 1. The molecule has 20 heavy (non-hydrogen) atoms. The topological polar surface area (TPSA) is 27.8 Å². The van der Waals surface area contributed by atoms with Gasteiger partial charge in [0.1, 0.15) is 5.82 Å². The highest BCUT2D eigenvalue weighted by atomic mass is 35.5. The number of nitrogens with one attached hydrogen (secondary N) is 2. The Morgan fingerprint density at radius 1 is 1.20 bits per heavy atom. The number of fused-ring (bicyclic) bond motifs is 1. The van der Waals surface area contributed by atoms with Gasteiger partial charge in [0, 0.05) is 28.7 Å². The number of hydrogen-bond donors (Lipinski definition) is 2. The average molecular weight is 289 g/mol. The molecule has 102 valence electrons. The third-order valence-electron chi connectivity index (χ3n) is 3.32. The molecule has 1 heterocycles. The van der Waals surface area contributed by atoms with Crippen LogP contribution < -0.4 is 5.32 Å². The van der Waals surface area contributed by atoms with Gasteiger partial charge < -0.3 is 10.3 Å². The summed E-state index contributed by atoms with van der Waals surface area (Å²) >= 11 is 5.95. The maximum Gasteiger partial charge on any atom is 0.146 e. The lowest BCUT2D eigenvalue weighted by Gasteiger charge is -2.07. The van der Waals surface area contributed by atoms with Crippen LogP contribution in [0.2, 0.25) is 5.02 Å². The Morgan fingerprint density at radius 3 is 2.85 bits per heavy atom.